The largest absolute Gasteiger partial charge is 0.388 e. The van der Waals surface area contributed by atoms with E-state index in [1.54, 1.807) is 23.7 Å². The summed E-state index contributed by atoms with van der Waals surface area (Å²) in [5.74, 6) is 0. The first-order valence-electron chi connectivity index (χ1n) is 5.08. The van der Waals surface area contributed by atoms with E-state index in [1.165, 1.54) is 0 Å². The Bertz CT molecular complexity index is 510. The third kappa shape index (κ3) is 2.98. The van der Waals surface area contributed by atoms with Crippen LogP contribution in [0.3, 0.4) is 0 Å². The van der Waals surface area contributed by atoms with E-state index in [4.69, 9.17) is 18.0 Å². The number of thiazole rings is 1. The first-order valence-corrected chi connectivity index (χ1v) is 6.37. The van der Waals surface area contributed by atoms with Crippen molar-refractivity contribution < 1.29 is 0 Å². The molecule has 0 bridgehead atoms. The molecule has 1 atom stereocenters. The lowest BCUT2D eigenvalue weighted by molar-refractivity contribution is 0.869. The fourth-order valence-electron chi connectivity index (χ4n) is 1.42. The molecule has 6 heteroatoms. The molecule has 1 unspecified atom stereocenters. The summed E-state index contributed by atoms with van der Waals surface area (Å²) < 4.78 is 0. The molecule has 2 heterocycles. The highest BCUT2D eigenvalue weighted by molar-refractivity contribution is 7.80. The highest BCUT2D eigenvalue weighted by Gasteiger charge is 2.08. The molecule has 0 aliphatic rings. The van der Waals surface area contributed by atoms with Gasteiger partial charge in [-0.3, -0.25) is 4.98 Å². The van der Waals surface area contributed by atoms with Crippen molar-refractivity contribution in [1.29, 1.82) is 0 Å². The third-order valence-electron chi connectivity index (χ3n) is 2.22. The predicted molar refractivity (Wildman–Crippen MR) is 74.3 cm³/mol. The number of hydrogen-bond donors (Lipinski definition) is 2. The minimum Gasteiger partial charge on any atom is -0.388 e. The molecule has 0 spiro atoms. The zero-order chi connectivity index (χ0) is 12.3. The average Bonchev–Trinajstić information content (AvgIpc) is 2.82. The van der Waals surface area contributed by atoms with E-state index >= 15 is 0 Å². The van der Waals surface area contributed by atoms with Crippen molar-refractivity contribution in [3.63, 3.8) is 0 Å². The van der Waals surface area contributed by atoms with E-state index in [1.807, 2.05) is 17.5 Å². The summed E-state index contributed by atoms with van der Waals surface area (Å²) >= 11 is 6.51. The molecule has 88 valence electrons. The Morgan fingerprint density at radius 2 is 2.29 bits per heavy atom. The van der Waals surface area contributed by atoms with Gasteiger partial charge in [-0.15, -0.1) is 11.3 Å². The Kier molecular flexibility index (Phi) is 3.65. The van der Waals surface area contributed by atoms with E-state index in [0.29, 0.717) is 10.7 Å². The van der Waals surface area contributed by atoms with Crippen LogP contribution in [0, 0.1) is 0 Å². The second kappa shape index (κ2) is 5.20. The summed E-state index contributed by atoms with van der Waals surface area (Å²) in [7, 11) is 0. The van der Waals surface area contributed by atoms with Gasteiger partial charge in [0.2, 0.25) is 0 Å². The molecule has 2 rings (SSSR count). The van der Waals surface area contributed by atoms with Gasteiger partial charge in [-0.2, -0.15) is 0 Å². The second-order valence-corrected chi connectivity index (χ2v) is 4.90. The quantitative estimate of drug-likeness (QED) is 0.830. The highest BCUT2D eigenvalue weighted by atomic mass is 32.1. The molecule has 0 amide bonds. The van der Waals surface area contributed by atoms with Gasteiger partial charge in [-0.05, 0) is 19.1 Å². The van der Waals surface area contributed by atoms with Gasteiger partial charge in [0.05, 0.1) is 11.7 Å². The molecule has 0 aliphatic carbocycles. The minimum atomic E-state index is 0.150. The fraction of sp³-hybridized carbons (Fsp3) is 0.182. The third-order valence-corrected chi connectivity index (χ3v) is 3.38. The van der Waals surface area contributed by atoms with Gasteiger partial charge in [0, 0.05) is 23.5 Å². The van der Waals surface area contributed by atoms with Crippen LogP contribution in [-0.4, -0.2) is 15.0 Å². The molecule has 0 saturated carbocycles. The standard InChI is InChI=1S/C11H12N4S2/c1-7(11-14-4-5-17-11)15-8-2-3-13-9(6-8)10(12)16/h2-7H,1H3,(H2,12,16)(H,13,15). The van der Waals surface area contributed by atoms with Crippen LogP contribution in [0.15, 0.2) is 29.9 Å². The summed E-state index contributed by atoms with van der Waals surface area (Å²) in [4.78, 5) is 8.65. The van der Waals surface area contributed by atoms with Gasteiger partial charge < -0.3 is 11.1 Å². The van der Waals surface area contributed by atoms with Crippen LogP contribution in [0.25, 0.3) is 0 Å². The smallest absolute Gasteiger partial charge is 0.122 e. The number of nitrogens with zero attached hydrogens (tertiary/aromatic N) is 2. The first-order chi connectivity index (χ1) is 8.16. The highest BCUT2D eigenvalue weighted by Crippen LogP contribution is 2.20. The summed E-state index contributed by atoms with van der Waals surface area (Å²) in [6, 6.07) is 3.87. The van der Waals surface area contributed by atoms with Crippen LogP contribution in [0.2, 0.25) is 0 Å². The molecule has 0 radical (unpaired) electrons. The van der Waals surface area contributed by atoms with E-state index in [0.717, 1.165) is 10.7 Å². The number of rotatable bonds is 4. The van der Waals surface area contributed by atoms with Crippen LogP contribution in [-0.2, 0) is 0 Å². The summed E-state index contributed by atoms with van der Waals surface area (Å²) in [6.45, 7) is 2.06. The Hall–Kier alpha value is -1.53. The van der Waals surface area contributed by atoms with Gasteiger partial charge in [-0.1, -0.05) is 12.2 Å². The Balaban J connectivity index is 2.13. The average molecular weight is 264 g/mol. The number of aromatic nitrogens is 2. The number of nitrogens with one attached hydrogen (secondary N) is 1. The van der Waals surface area contributed by atoms with Crippen LogP contribution < -0.4 is 11.1 Å². The Morgan fingerprint density at radius 1 is 1.47 bits per heavy atom. The number of hydrogen-bond acceptors (Lipinski definition) is 5. The van der Waals surface area contributed by atoms with Crippen LogP contribution >= 0.6 is 23.6 Å². The second-order valence-electron chi connectivity index (χ2n) is 3.53. The summed E-state index contributed by atoms with van der Waals surface area (Å²) in [5, 5.41) is 6.33. The van der Waals surface area contributed by atoms with Gasteiger partial charge in [0.15, 0.2) is 0 Å². The van der Waals surface area contributed by atoms with Crippen molar-refractivity contribution in [2.45, 2.75) is 13.0 Å². The lowest BCUT2D eigenvalue weighted by atomic mass is 10.2. The van der Waals surface area contributed by atoms with Gasteiger partial charge in [-0.25, -0.2) is 4.98 Å². The molecular formula is C11H12N4S2. The van der Waals surface area contributed by atoms with Crippen molar-refractivity contribution in [1.82, 2.24) is 9.97 Å². The normalized spacial score (nSPS) is 12.1. The SMILES string of the molecule is CC(Nc1ccnc(C(N)=S)c1)c1nccs1. The first kappa shape index (κ1) is 11.9. The number of nitrogens with two attached hydrogens (primary N) is 1. The van der Waals surface area contributed by atoms with E-state index in [-0.39, 0.29) is 6.04 Å². The zero-order valence-corrected chi connectivity index (χ0v) is 10.9. The molecule has 0 saturated heterocycles. The van der Waals surface area contributed by atoms with Crippen LogP contribution in [0.5, 0.6) is 0 Å². The van der Waals surface area contributed by atoms with Gasteiger partial charge in [0.1, 0.15) is 10.00 Å². The van der Waals surface area contributed by atoms with Crippen LogP contribution in [0.4, 0.5) is 5.69 Å². The lowest BCUT2D eigenvalue weighted by Gasteiger charge is -2.13. The molecule has 0 aromatic carbocycles. The Labute approximate surface area is 109 Å². The zero-order valence-electron chi connectivity index (χ0n) is 9.25. The summed E-state index contributed by atoms with van der Waals surface area (Å²) in [5.41, 5.74) is 7.10. The van der Waals surface area contributed by atoms with Gasteiger partial charge >= 0.3 is 0 Å². The van der Waals surface area contributed by atoms with E-state index < -0.39 is 0 Å². The number of thiocarbonyl (C=S) groups is 1. The molecule has 2 aromatic rings. The molecule has 4 nitrogen and oxygen atoms in total. The molecule has 17 heavy (non-hydrogen) atoms. The molecule has 2 aromatic heterocycles. The maximum absolute atomic E-state index is 5.54. The van der Waals surface area contributed by atoms with Crippen LogP contribution in [0.1, 0.15) is 23.7 Å². The molecule has 0 aliphatic heterocycles. The number of anilines is 1. The Morgan fingerprint density at radius 3 is 2.94 bits per heavy atom. The van der Waals surface area contributed by atoms with Gasteiger partial charge in [0.25, 0.3) is 0 Å². The molecular weight excluding hydrogens is 252 g/mol. The topological polar surface area (TPSA) is 63.8 Å². The van der Waals surface area contributed by atoms with Crippen molar-refractivity contribution in [3.8, 4) is 0 Å². The van der Waals surface area contributed by atoms with E-state index in [9.17, 15) is 0 Å². The molecule has 3 N–H and O–H groups in total. The van der Waals surface area contributed by atoms with E-state index in [2.05, 4.69) is 22.2 Å². The van der Waals surface area contributed by atoms with Crippen molar-refractivity contribution in [2.75, 3.05) is 5.32 Å². The lowest BCUT2D eigenvalue weighted by Crippen LogP contribution is -2.12. The summed E-state index contributed by atoms with van der Waals surface area (Å²) in [6.07, 6.45) is 3.48. The van der Waals surface area contributed by atoms with Crippen molar-refractivity contribution >= 4 is 34.2 Å². The number of pyridine rings is 1. The maximum Gasteiger partial charge on any atom is 0.122 e. The maximum atomic E-state index is 5.54. The fourth-order valence-corrected chi connectivity index (χ4v) is 2.17. The predicted octanol–water partition coefficient (Wildman–Crippen LogP) is 2.35. The minimum absolute atomic E-state index is 0.150. The molecule has 0 fully saturated rings. The van der Waals surface area contributed by atoms with Crippen molar-refractivity contribution in [3.05, 3.63) is 40.6 Å². The van der Waals surface area contributed by atoms with Crippen molar-refractivity contribution in [2.24, 2.45) is 5.73 Å². The monoisotopic (exact) mass is 264 g/mol.